The highest BCUT2D eigenvalue weighted by atomic mass is 19.3. The second-order valence-corrected chi connectivity index (χ2v) is 4.07. The fourth-order valence-electron chi connectivity index (χ4n) is 1.58. The molecule has 1 N–H and O–H groups in total. The van der Waals surface area contributed by atoms with Gasteiger partial charge in [0.05, 0.1) is 6.10 Å². The zero-order valence-electron chi connectivity index (χ0n) is 9.00. The Morgan fingerprint density at radius 3 is 2.27 bits per heavy atom. The molecule has 3 heteroatoms. The van der Waals surface area contributed by atoms with Crippen molar-refractivity contribution in [2.24, 2.45) is 0 Å². The second-order valence-electron chi connectivity index (χ2n) is 4.07. The van der Waals surface area contributed by atoms with Crippen molar-refractivity contribution < 1.29 is 13.9 Å². The molecule has 0 spiro atoms. The van der Waals surface area contributed by atoms with Crippen LogP contribution in [0.4, 0.5) is 8.78 Å². The van der Waals surface area contributed by atoms with Crippen LogP contribution >= 0.6 is 0 Å². The van der Waals surface area contributed by atoms with Crippen LogP contribution in [-0.4, -0.2) is 17.1 Å². The monoisotopic (exact) mass is 214 g/mol. The van der Waals surface area contributed by atoms with Crippen molar-refractivity contribution in [3.63, 3.8) is 0 Å². The zero-order valence-corrected chi connectivity index (χ0v) is 9.00. The van der Waals surface area contributed by atoms with E-state index in [2.05, 4.69) is 0 Å². The number of aliphatic hydroxyl groups excluding tert-OH is 1. The number of hydrogen-bond acceptors (Lipinski definition) is 1. The fraction of sp³-hybridized carbons (Fsp3) is 0.500. The van der Waals surface area contributed by atoms with Crippen molar-refractivity contribution in [1.29, 1.82) is 0 Å². The molecule has 0 saturated carbocycles. The van der Waals surface area contributed by atoms with E-state index in [-0.39, 0.29) is 6.42 Å². The minimum Gasteiger partial charge on any atom is -0.393 e. The summed E-state index contributed by atoms with van der Waals surface area (Å²) >= 11 is 0. The van der Waals surface area contributed by atoms with Crippen LogP contribution in [0, 0.1) is 0 Å². The Morgan fingerprint density at radius 2 is 1.80 bits per heavy atom. The summed E-state index contributed by atoms with van der Waals surface area (Å²) in [5, 5.41) is 9.24. The zero-order chi connectivity index (χ0) is 11.5. The Hall–Kier alpha value is -0.960. The topological polar surface area (TPSA) is 20.2 Å². The molecule has 1 rings (SSSR count). The maximum Gasteiger partial charge on any atom is 0.249 e. The van der Waals surface area contributed by atoms with Crippen molar-refractivity contribution >= 4 is 0 Å². The first kappa shape index (κ1) is 12.1. The predicted octanol–water partition coefficient (Wildman–Crippen LogP) is 2.81. The molecule has 1 unspecified atom stereocenters. The van der Waals surface area contributed by atoms with Gasteiger partial charge in [-0.2, -0.15) is 0 Å². The SMILES string of the molecule is CC(O)Cc1ccccc1CC(C)(F)F. The van der Waals surface area contributed by atoms with Gasteiger partial charge in [-0.15, -0.1) is 0 Å². The Labute approximate surface area is 88.7 Å². The number of halogens is 2. The summed E-state index contributed by atoms with van der Waals surface area (Å²) in [6, 6.07) is 7.02. The highest BCUT2D eigenvalue weighted by Gasteiger charge is 2.23. The third kappa shape index (κ3) is 4.38. The van der Waals surface area contributed by atoms with Crippen LogP contribution < -0.4 is 0 Å². The number of hydrogen-bond donors (Lipinski definition) is 1. The summed E-state index contributed by atoms with van der Waals surface area (Å²) in [6.45, 7) is 2.56. The van der Waals surface area contributed by atoms with Crippen LogP contribution in [0.15, 0.2) is 24.3 Å². The Balaban J connectivity index is 2.86. The van der Waals surface area contributed by atoms with Gasteiger partial charge in [0.15, 0.2) is 0 Å². The van der Waals surface area contributed by atoms with Crippen LogP contribution in [0.2, 0.25) is 0 Å². The third-order valence-corrected chi connectivity index (χ3v) is 2.13. The highest BCUT2D eigenvalue weighted by Crippen LogP contribution is 2.22. The van der Waals surface area contributed by atoms with Crippen molar-refractivity contribution in [3.05, 3.63) is 35.4 Å². The van der Waals surface area contributed by atoms with E-state index in [0.29, 0.717) is 12.0 Å². The molecule has 0 saturated heterocycles. The summed E-state index contributed by atoms with van der Waals surface area (Å²) in [7, 11) is 0. The average molecular weight is 214 g/mol. The number of rotatable bonds is 4. The van der Waals surface area contributed by atoms with E-state index in [0.717, 1.165) is 12.5 Å². The standard InChI is InChI=1S/C12H16F2O/c1-9(15)7-10-5-3-4-6-11(10)8-12(2,13)14/h3-6,9,15H,7-8H2,1-2H3. The van der Waals surface area contributed by atoms with Gasteiger partial charge in [-0.1, -0.05) is 24.3 Å². The molecule has 1 atom stereocenters. The van der Waals surface area contributed by atoms with Crippen LogP contribution in [-0.2, 0) is 12.8 Å². The van der Waals surface area contributed by atoms with Gasteiger partial charge in [0, 0.05) is 6.42 Å². The third-order valence-electron chi connectivity index (χ3n) is 2.13. The molecule has 0 amide bonds. The minimum absolute atomic E-state index is 0.268. The summed E-state index contributed by atoms with van der Waals surface area (Å²) in [5.41, 5.74) is 1.42. The smallest absolute Gasteiger partial charge is 0.249 e. The predicted molar refractivity (Wildman–Crippen MR) is 56.2 cm³/mol. The van der Waals surface area contributed by atoms with E-state index in [1.165, 1.54) is 0 Å². The van der Waals surface area contributed by atoms with Gasteiger partial charge in [-0.3, -0.25) is 0 Å². The summed E-state index contributed by atoms with van der Waals surface area (Å²) < 4.78 is 25.7. The lowest BCUT2D eigenvalue weighted by Gasteiger charge is -2.14. The molecule has 0 aliphatic carbocycles. The summed E-state index contributed by atoms with van der Waals surface area (Å²) in [5.74, 6) is -2.70. The first-order valence-corrected chi connectivity index (χ1v) is 5.01. The normalized spacial score (nSPS) is 13.9. The van der Waals surface area contributed by atoms with Crippen molar-refractivity contribution in [2.75, 3.05) is 0 Å². The molecule has 84 valence electrons. The van der Waals surface area contributed by atoms with Gasteiger partial charge < -0.3 is 5.11 Å². The number of alkyl halides is 2. The van der Waals surface area contributed by atoms with Crippen molar-refractivity contribution in [2.45, 2.75) is 38.7 Å². The maximum absolute atomic E-state index is 12.9. The Bertz CT molecular complexity index is 316. The van der Waals surface area contributed by atoms with Crippen LogP contribution in [0.5, 0.6) is 0 Å². The lowest BCUT2D eigenvalue weighted by molar-refractivity contribution is 0.0222. The summed E-state index contributed by atoms with van der Waals surface area (Å²) in [4.78, 5) is 0. The molecule has 1 aromatic carbocycles. The first-order chi connectivity index (χ1) is 6.88. The largest absolute Gasteiger partial charge is 0.393 e. The molecule has 0 bridgehead atoms. The molecular formula is C12H16F2O. The van der Waals surface area contributed by atoms with E-state index in [9.17, 15) is 13.9 Å². The van der Waals surface area contributed by atoms with E-state index < -0.39 is 12.0 Å². The lowest BCUT2D eigenvalue weighted by Crippen LogP contribution is -2.16. The molecule has 15 heavy (non-hydrogen) atoms. The van der Waals surface area contributed by atoms with Gasteiger partial charge in [0.25, 0.3) is 0 Å². The number of benzene rings is 1. The molecule has 0 aliphatic heterocycles. The van der Waals surface area contributed by atoms with Crippen LogP contribution in [0.3, 0.4) is 0 Å². The van der Waals surface area contributed by atoms with E-state index in [4.69, 9.17) is 0 Å². The van der Waals surface area contributed by atoms with Crippen LogP contribution in [0.25, 0.3) is 0 Å². The lowest BCUT2D eigenvalue weighted by atomic mass is 9.98. The maximum atomic E-state index is 12.9. The molecule has 1 aromatic rings. The fourth-order valence-corrected chi connectivity index (χ4v) is 1.58. The van der Waals surface area contributed by atoms with Gasteiger partial charge in [0.2, 0.25) is 5.92 Å². The molecule has 0 aromatic heterocycles. The molecule has 1 nitrogen and oxygen atoms in total. The highest BCUT2D eigenvalue weighted by molar-refractivity contribution is 5.28. The van der Waals surface area contributed by atoms with E-state index in [1.807, 2.05) is 0 Å². The van der Waals surface area contributed by atoms with Crippen molar-refractivity contribution in [1.82, 2.24) is 0 Å². The minimum atomic E-state index is -2.70. The van der Waals surface area contributed by atoms with E-state index in [1.54, 1.807) is 31.2 Å². The van der Waals surface area contributed by atoms with Gasteiger partial charge in [-0.25, -0.2) is 8.78 Å². The molecule has 0 radical (unpaired) electrons. The average Bonchev–Trinajstić information content (AvgIpc) is 2.05. The quantitative estimate of drug-likeness (QED) is 0.817. The van der Waals surface area contributed by atoms with Gasteiger partial charge >= 0.3 is 0 Å². The van der Waals surface area contributed by atoms with E-state index >= 15 is 0 Å². The Morgan fingerprint density at radius 1 is 1.27 bits per heavy atom. The molecule has 0 fully saturated rings. The van der Waals surface area contributed by atoms with Crippen LogP contribution in [0.1, 0.15) is 25.0 Å². The summed E-state index contributed by atoms with van der Waals surface area (Å²) in [6.07, 6.45) is -0.348. The second kappa shape index (κ2) is 4.71. The first-order valence-electron chi connectivity index (χ1n) is 5.01. The van der Waals surface area contributed by atoms with Crippen molar-refractivity contribution in [3.8, 4) is 0 Å². The molecule has 0 heterocycles. The molecule has 0 aliphatic rings. The van der Waals surface area contributed by atoms with Gasteiger partial charge in [-0.05, 0) is 31.4 Å². The van der Waals surface area contributed by atoms with Gasteiger partial charge in [0.1, 0.15) is 0 Å². The number of aliphatic hydroxyl groups is 1. The Kier molecular flexibility index (Phi) is 3.80. The molecular weight excluding hydrogens is 198 g/mol.